The molecule has 2 rings (SSSR count). The van der Waals surface area contributed by atoms with Gasteiger partial charge in [-0.1, -0.05) is 12.1 Å². The van der Waals surface area contributed by atoms with Crippen LogP contribution in [0.1, 0.15) is 5.56 Å². The standard InChI is InChI=1S/C14H15N3O4/c1-20-7-6-10-2-4-12(5-3-10)21-14-9-11(17(18)19)8-13(15)16-14/h2-5,8-9H,6-7H2,1H3,(H2,15,16). The molecule has 2 N–H and O–H groups in total. The molecular weight excluding hydrogens is 274 g/mol. The van der Waals surface area contributed by atoms with E-state index in [1.807, 2.05) is 12.1 Å². The van der Waals surface area contributed by atoms with Crippen LogP contribution >= 0.6 is 0 Å². The average Bonchev–Trinajstić information content (AvgIpc) is 2.46. The van der Waals surface area contributed by atoms with E-state index in [2.05, 4.69) is 4.98 Å². The molecule has 1 aromatic heterocycles. The maximum Gasteiger partial charge on any atom is 0.278 e. The summed E-state index contributed by atoms with van der Waals surface area (Å²) in [5, 5.41) is 10.8. The zero-order valence-electron chi connectivity index (χ0n) is 11.5. The Hall–Kier alpha value is -2.67. The van der Waals surface area contributed by atoms with Crippen molar-refractivity contribution < 1.29 is 14.4 Å². The fourth-order valence-electron chi connectivity index (χ4n) is 1.73. The Morgan fingerprint density at radius 2 is 2.00 bits per heavy atom. The summed E-state index contributed by atoms with van der Waals surface area (Å²) < 4.78 is 10.5. The number of methoxy groups -OCH3 is 1. The summed E-state index contributed by atoms with van der Waals surface area (Å²) in [5.74, 6) is 0.658. The van der Waals surface area contributed by atoms with Gasteiger partial charge in [-0.05, 0) is 24.1 Å². The largest absolute Gasteiger partial charge is 0.439 e. The van der Waals surface area contributed by atoms with Crippen LogP contribution in [0.4, 0.5) is 11.5 Å². The molecule has 2 aromatic rings. The van der Waals surface area contributed by atoms with E-state index in [4.69, 9.17) is 15.2 Å². The third-order valence-electron chi connectivity index (χ3n) is 2.76. The van der Waals surface area contributed by atoms with E-state index in [1.54, 1.807) is 19.2 Å². The van der Waals surface area contributed by atoms with Gasteiger partial charge in [0.15, 0.2) is 0 Å². The number of rotatable bonds is 6. The summed E-state index contributed by atoms with van der Waals surface area (Å²) in [4.78, 5) is 14.1. The molecule has 0 fully saturated rings. The summed E-state index contributed by atoms with van der Waals surface area (Å²) in [6.45, 7) is 0.642. The van der Waals surface area contributed by atoms with Gasteiger partial charge >= 0.3 is 0 Å². The predicted octanol–water partition coefficient (Wildman–Crippen LogP) is 2.55. The second-order valence-electron chi connectivity index (χ2n) is 4.33. The Balaban J connectivity index is 2.12. The van der Waals surface area contributed by atoms with Crippen molar-refractivity contribution in [2.45, 2.75) is 6.42 Å². The molecule has 0 aliphatic carbocycles. The SMILES string of the molecule is COCCc1ccc(Oc2cc([N+](=O)[O-])cc(N)n2)cc1. The van der Waals surface area contributed by atoms with Crippen molar-refractivity contribution in [2.75, 3.05) is 19.5 Å². The van der Waals surface area contributed by atoms with Gasteiger partial charge in [-0.2, -0.15) is 4.98 Å². The predicted molar refractivity (Wildman–Crippen MR) is 77.4 cm³/mol. The molecular formula is C14H15N3O4. The Kier molecular flexibility index (Phi) is 4.68. The van der Waals surface area contributed by atoms with Crippen LogP contribution in [-0.4, -0.2) is 23.6 Å². The smallest absolute Gasteiger partial charge is 0.278 e. The van der Waals surface area contributed by atoms with Crippen LogP contribution in [0.3, 0.4) is 0 Å². The van der Waals surface area contributed by atoms with Crippen molar-refractivity contribution in [3.63, 3.8) is 0 Å². The first-order valence-corrected chi connectivity index (χ1v) is 6.26. The van der Waals surface area contributed by atoms with Crippen molar-refractivity contribution in [3.8, 4) is 11.6 Å². The Morgan fingerprint density at radius 3 is 2.62 bits per heavy atom. The number of nitrogens with two attached hydrogens (primary N) is 1. The second kappa shape index (κ2) is 6.67. The minimum absolute atomic E-state index is 0.0379. The van der Waals surface area contributed by atoms with Crippen molar-refractivity contribution in [1.29, 1.82) is 0 Å². The number of ether oxygens (including phenoxy) is 2. The number of hydrogen-bond donors (Lipinski definition) is 1. The van der Waals surface area contributed by atoms with E-state index in [9.17, 15) is 10.1 Å². The van der Waals surface area contributed by atoms with Crippen LogP contribution in [0.2, 0.25) is 0 Å². The molecule has 0 spiro atoms. The third kappa shape index (κ3) is 4.15. The molecule has 0 radical (unpaired) electrons. The van der Waals surface area contributed by atoms with Gasteiger partial charge in [-0.3, -0.25) is 10.1 Å². The maximum absolute atomic E-state index is 10.8. The number of hydrogen-bond acceptors (Lipinski definition) is 6. The van der Waals surface area contributed by atoms with Gasteiger partial charge in [0, 0.05) is 7.11 Å². The average molecular weight is 289 g/mol. The number of anilines is 1. The maximum atomic E-state index is 10.8. The zero-order chi connectivity index (χ0) is 15.2. The summed E-state index contributed by atoms with van der Waals surface area (Å²) >= 11 is 0. The lowest BCUT2D eigenvalue weighted by molar-refractivity contribution is -0.384. The van der Waals surface area contributed by atoms with Crippen LogP contribution in [0, 0.1) is 10.1 Å². The lowest BCUT2D eigenvalue weighted by Crippen LogP contribution is -1.97. The number of nitrogen functional groups attached to an aromatic ring is 1. The molecule has 7 nitrogen and oxygen atoms in total. The molecule has 1 aromatic carbocycles. The molecule has 0 bridgehead atoms. The van der Waals surface area contributed by atoms with Crippen LogP contribution in [0.25, 0.3) is 0 Å². The van der Waals surface area contributed by atoms with Crippen molar-refractivity contribution >= 4 is 11.5 Å². The molecule has 21 heavy (non-hydrogen) atoms. The highest BCUT2D eigenvalue weighted by Gasteiger charge is 2.11. The lowest BCUT2D eigenvalue weighted by Gasteiger charge is -2.06. The number of aromatic nitrogens is 1. The molecule has 0 amide bonds. The fraction of sp³-hybridized carbons (Fsp3) is 0.214. The lowest BCUT2D eigenvalue weighted by atomic mass is 10.1. The monoisotopic (exact) mass is 289 g/mol. The molecule has 0 saturated carbocycles. The van der Waals surface area contributed by atoms with Crippen LogP contribution in [0.5, 0.6) is 11.6 Å². The van der Waals surface area contributed by atoms with E-state index in [-0.39, 0.29) is 17.4 Å². The Bertz CT molecular complexity index is 629. The van der Waals surface area contributed by atoms with Crippen LogP contribution in [0.15, 0.2) is 36.4 Å². The first-order chi connectivity index (χ1) is 10.1. The fourth-order valence-corrected chi connectivity index (χ4v) is 1.73. The van der Waals surface area contributed by atoms with E-state index in [0.717, 1.165) is 12.0 Å². The molecule has 0 unspecified atom stereocenters. The molecule has 0 aliphatic rings. The first-order valence-electron chi connectivity index (χ1n) is 6.26. The topological polar surface area (TPSA) is 101 Å². The zero-order valence-corrected chi connectivity index (χ0v) is 11.5. The van der Waals surface area contributed by atoms with Gasteiger partial charge in [-0.25, -0.2) is 0 Å². The van der Waals surface area contributed by atoms with Crippen LogP contribution < -0.4 is 10.5 Å². The van der Waals surface area contributed by atoms with Gasteiger partial charge in [0.25, 0.3) is 5.69 Å². The van der Waals surface area contributed by atoms with Crippen molar-refractivity contribution in [1.82, 2.24) is 4.98 Å². The van der Waals surface area contributed by atoms with Gasteiger partial charge in [0.2, 0.25) is 5.88 Å². The molecule has 1 heterocycles. The summed E-state index contributed by atoms with van der Waals surface area (Å²) in [6.07, 6.45) is 0.804. The van der Waals surface area contributed by atoms with E-state index in [1.165, 1.54) is 12.1 Å². The van der Waals surface area contributed by atoms with Gasteiger partial charge < -0.3 is 15.2 Å². The van der Waals surface area contributed by atoms with Gasteiger partial charge in [0.1, 0.15) is 11.6 Å². The van der Waals surface area contributed by atoms with Crippen molar-refractivity contribution in [2.24, 2.45) is 0 Å². The van der Waals surface area contributed by atoms with Crippen LogP contribution in [-0.2, 0) is 11.2 Å². The van der Waals surface area contributed by atoms with Crippen molar-refractivity contribution in [3.05, 3.63) is 52.1 Å². The first kappa shape index (κ1) is 14.7. The highest BCUT2D eigenvalue weighted by atomic mass is 16.6. The van der Waals surface area contributed by atoms with E-state index >= 15 is 0 Å². The quantitative estimate of drug-likeness (QED) is 0.648. The molecule has 110 valence electrons. The number of nitro groups is 1. The molecule has 0 atom stereocenters. The second-order valence-corrected chi connectivity index (χ2v) is 4.33. The highest BCUT2D eigenvalue weighted by molar-refractivity contribution is 5.46. The van der Waals surface area contributed by atoms with E-state index in [0.29, 0.717) is 12.4 Å². The minimum atomic E-state index is -0.543. The number of pyridine rings is 1. The van der Waals surface area contributed by atoms with Gasteiger partial charge in [0.05, 0.1) is 23.7 Å². The highest BCUT2D eigenvalue weighted by Crippen LogP contribution is 2.25. The third-order valence-corrected chi connectivity index (χ3v) is 2.76. The molecule has 0 saturated heterocycles. The number of nitrogens with zero attached hydrogens (tertiary/aromatic N) is 2. The molecule has 0 aliphatic heterocycles. The summed E-state index contributed by atoms with van der Waals surface area (Å²) in [5.41, 5.74) is 6.47. The minimum Gasteiger partial charge on any atom is -0.439 e. The Labute approximate surface area is 121 Å². The number of benzene rings is 1. The molecule has 7 heteroatoms. The summed E-state index contributed by atoms with van der Waals surface area (Å²) in [6, 6.07) is 9.74. The normalized spacial score (nSPS) is 10.3. The van der Waals surface area contributed by atoms with Gasteiger partial charge in [-0.15, -0.1) is 0 Å². The van der Waals surface area contributed by atoms with E-state index < -0.39 is 4.92 Å². The summed E-state index contributed by atoms with van der Waals surface area (Å²) in [7, 11) is 1.65. The Morgan fingerprint density at radius 1 is 1.29 bits per heavy atom.